The lowest BCUT2D eigenvalue weighted by Crippen LogP contribution is -2.17. The number of H-pyrrole nitrogens is 1. The van der Waals surface area contributed by atoms with Gasteiger partial charge in [-0.1, -0.05) is 0 Å². The maximum absolute atomic E-state index is 10.9. The Hall–Kier alpha value is -1.85. The highest BCUT2D eigenvalue weighted by Crippen LogP contribution is 2.18. The van der Waals surface area contributed by atoms with E-state index in [0.29, 0.717) is 31.5 Å². The fourth-order valence-corrected chi connectivity index (χ4v) is 1.34. The van der Waals surface area contributed by atoms with Crippen LogP contribution in [0.25, 0.3) is 0 Å². The summed E-state index contributed by atoms with van der Waals surface area (Å²) in [6.07, 6.45) is 3.22. The van der Waals surface area contributed by atoms with Gasteiger partial charge >= 0.3 is 5.97 Å². The molecule has 1 atom stereocenters. The monoisotopic (exact) mass is 211 g/mol. The van der Waals surface area contributed by atoms with E-state index in [1.165, 1.54) is 6.20 Å². The zero-order chi connectivity index (χ0) is 11.1. The number of aromatic amines is 1. The summed E-state index contributed by atoms with van der Waals surface area (Å²) in [4.78, 5) is 20.9. The second kappa shape index (κ2) is 5.79. The summed E-state index contributed by atoms with van der Waals surface area (Å²) in [6, 6.07) is 1.64. The van der Waals surface area contributed by atoms with Crippen LogP contribution in [0, 0.1) is 0 Å². The van der Waals surface area contributed by atoms with E-state index in [4.69, 9.17) is 5.11 Å². The summed E-state index contributed by atoms with van der Waals surface area (Å²) in [5.74, 6) is -1.47. The van der Waals surface area contributed by atoms with Crippen LogP contribution in [-0.4, -0.2) is 34.2 Å². The van der Waals surface area contributed by atoms with Crippen LogP contribution in [0.2, 0.25) is 0 Å². The highest BCUT2D eigenvalue weighted by molar-refractivity contribution is 5.75. The SMILES string of the molecule is O=CNCCCC(C(=O)O)c1ccn[nH]1. The first-order valence-electron chi connectivity index (χ1n) is 4.65. The Balaban J connectivity index is 2.45. The van der Waals surface area contributed by atoms with E-state index in [-0.39, 0.29) is 0 Å². The third-order valence-electron chi connectivity index (χ3n) is 2.09. The molecule has 0 aliphatic heterocycles. The number of rotatable bonds is 7. The van der Waals surface area contributed by atoms with Crippen LogP contribution in [0.1, 0.15) is 24.5 Å². The average molecular weight is 211 g/mol. The summed E-state index contributed by atoms with van der Waals surface area (Å²) >= 11 is 0. The molecule has 0 saturated carbocycles. The van der Waals surface area contributed by atoms with E-state index in [9.17, 15) is 9.59 Å². The molecule has 1 aromatic heterocycles. The molecule has 3 N–H and O–H groups in total. The van der Waals surface area contributed by atoms with Gasteiger partial charge < -0.3 is 10.4 Å². The van der Waals surface area contributed by atoms with E-state index >= 15 is 0 Å². The van der Waals surface area contributed by atoms with Gasteiger partial charge in [0, 0.05) is 18.4 Å². The van der Waals surface area contributed by atoms with Gasteiger partial charge in [0.2, 0.25) is 6.41 Å². The van der Waals surface area contributed by atoms with Crippen LogP contribution in [0.5, 0.6) is 0 Å². The van der Waals surface area contributed by atoms with E-state index in [0.717, 1.165) is 0 Å². The van der Waals surface area contributed by atoms with Gasteiger partial charge in [-0.15, -0.1) is 0 Å². The number of carbonyl (C=O) groups is 2. The molecule has 1 amide bonds. The lowest BCUT2D eigenvalue weighted by atomic mass is 10.00. The quantitative estimate of drug-likeness (QED) is 0.440. The van der Waals surface area contributed by atoms with Gasteiger partial charge in [-0.3, -0.25) is 14.7 Å². The van der Waals surface area contributed by atoms with Crippen molar-refractivity contribution in [1.29, 1.82) is 0 Å². The van der Waals surface area contributed by atoms with Crippen LogP contribution >= 0.6 is 0 Å². The Morgan fingerprint density at radius 1 is 1.73 bits per heavy atom. The Morgan fingerprint density at radius 3 is 3.07 bits per heavy atom. The summed E-state index contributed by atoms with van der Waals surface area (Å²) in [7, 11) is 0. The first kappa shape index (κ1) is 11.2. The molecule has 15 heavy (non-hydrogen) atoms. The van der Waals surface area contributed by atoms with Crippen LogP contribution in [0.15, 0.2) is 12.3 Å². The number of carboxylic acids is 1. The molecule has 6 nitrogen and oxygen atoms in total. The largest absolute Gasteiger partial charge is 0.481 e. The third kappa shape index (κ3) is 3.41. The van der Waals surface area contributed by atoms with E-state index < -0.39 is 11.9 Å². The summed E-state index contributed by atoms with van der Waals surface area (Å²) in [5.41, 5.74) is 0.591. The minimum absolute atomic E-state index is 0.471. The second-order valence-electron chi connectivity index (χ2n) is 3.12. The van der Waals surface area contributed by atoms with Gasteiger partial charge in [0.15, 0.2) is 0 Å². The number of nitrogens with zero attached hydrogens (tertiary/aromatic N) is 1. The van der Waals surface area contributed by atoms with E-state index in [1.807, 2.05) is 0 Å². The van der Waals surface area contributed by atoms with Crippen LogP contribution in [0.3, 0.4) is 0 Å². The zero-order valence-electron chi connectivity index (χ0n) is 8.14. The topological polar surface area (TPSA) is 95.1 Å². The fraction of sp³-hybridized carbons (Fsp3) is 0.444. The molecule has 0 aromatic carbocycles. The standard InChI is InChI=1S/C9H13N3O3/c13-6-10-4-1-2-7(9(14)15)8-3-5-11-12-8/h3,5-7H,1-2,4H2,(H,10,13)(H,11,12)(H,14,15). The Kier molecular flexibility index (Phi) is 4.33. The zero-order valence-corrected chi connectivity index (χ0v) is 8.14. The van der Waals surface area contributed by atoms with Crippen LogP contribution in [0.4, 0.5) is 0 Å². The van der Waals surface area contributed by atoms with Crippen molar-refractivity contribution in [3.63, 3.8) is 0 Å². The third-order valence-corrected chi connectivity index (χ3v) is 2.09. The van der Waals surface area contributed by atoms with Crippen molar-refractivity contribution in [3.05, 3.63) is 18.0 Å². The lowest BCUT2D eigenvalue weighted by molar-refractivity contribution is -0.139. The van der Waals surface area contributed by atoms with Gasteiger partial charge in [0.05, 0.1) is 5.92 Å². The number of aliphatic carboxylic acids is 1. The smallest absolute Gasteiger partial charge is 0.312 e. The Labute approximate surface area is 86.7 Å². The molecule has 1 aromatic rings. The number of hydrogen-bond donors (Lipinski definition) is 3. The maximum Gasteiger partial charge on any atom is 0.312 e. The highest BCUT2D eigenvalue weighted by atomic mass is 16.4. The number of nitrogens with one attached hydrogen (secondary N) is 2. The minimum atomic E-state index is -0.884. The normalized spacial score (nSPS) is 12.0. The van der Waals surface area contributed by atoms with Crippen molar-refractivity contribution in [2.24, 2.45) is 0 Å². The number of hydrogen-bond acceptors (Lipinski definition) is 3. The second-order valence-corrected chi connectivity index (χ2v) is 3.12. The fourth-order valence-electron chi connectivity index (χ4n) is 1.34. The van der Waals surface area contributed by atoms with Crippen molar-refractivity contribution >= 4 is 12.4 Å². The lowest BCUT2D eigenvalue weighted by Gasteiger charge is -2.09. The molecular weight excluding hydrogens is 198 g/mol. The van der Waals surface area contributed by atoms with Crippen molar-refractivity contribution in [1.82, 2.24) is 15.5 Å². The highest BCUT2D eigenvalue weighted by Gasteiger charge is 2.20. The number of carbonyl (C=O) groups excluding carboxylic acids is 1. The van der Waals surface area contributed by atoms with Crippen LogP contribution in [-0.2, 0) is 9.59 Å². The van der Waals surface area contributed by atoms with Gasteiger partial charge in [0.1, 0.15) is 0 Å². The molecule has 0 spiro atoms. The molecule has 82 valence electrons. The number of amides is 1. The van der Waals surface area contributed by atoms with Gasteiger partial charge in [-0.05, 0) is 18.9 Å². The first-order chi connectivity index (χ1) is 7.25. The van der Waals surface area contributed by atoms with Gasteiger partial charge in [-0.2, -0.15) is 5.10 Å². The first-order valence-corrected chi connectivity index (χ1v) is 4.65. The average Bonchev–Trinajstić information content (AvgIpc) is 2.70. The van der Waals surface area contributed by atoms with Crippen molar-refractivity contribution in [2.45, 2.75) is 18.8 Å². The Bertz CT molecular complexity index is 310. The van der Waals surface area contributed by atoms with E-state index in [2.05, 4.69) is 15.5 Å². The van der Waals surface area contributed by atoms with E-state index in [1.54, 1.807) is 6.07 Å². The van der Waals surface area contributed by atoms with Crippen molar-refractivity contribution < 1.29 is 14.7 Å². The molecule has 1 unspecified atom stereocenters. The van der Waals surface area contributed by atoms with Gasteiger partial charge in [-0.25, -0.2) is 0 Å². The molecule has 0 fully saturated rings. The van der Waals surface area contributed by atoms with Gasteiger partial charge in [0.25, 0.3) is 0 Å². The summed E-state index contributed by atoms with van der Waals surface area (Å²) in [6.45, 7) is 0.488. The Morgan fingerprint density at radius 2 is 2.53 bits per heavy atom. The molecule has 0 bridgehead atoms. The predicted octanol–water partition coefficient (Wildman–Crippen LogP) is 0.104. The molecule has 0 radical (unpaired) electrons. The molecule has 0 aliphatic carbocycles. The molecule has 6 heteroatoms. The van der Waals surface area contributed by atoms with Crippen LogP contribution < -0.4 is 5.32 Å². The van der Waals surface area contributed by atoms with Crippen molar-refractivity contribution in [3.8, 4) is 0 Å². The maximum atomic E-state index is 10.9. The predicted molar refractivity (Wildman–Crippen MR) is 52.3 cm³/mol. The summed E-state index contributed by atoms with van der Waals surface area (Å²) in [5, 5.41) is 17.8. The number of carboxylic acid groups (broad SMARTS) is 1. The molecule has 1 rings (SSSR count). The summed E-state index contributed by atoms with van der Waals surface area (Å²) < 4.78 is 0. The molecule has 0 aliphatic rings. The molecule has 0 saturated heterocycles. The minimum Gasteiger partial charge on any atom is -0.481 e. The number of aromatic nitrogens is 2. The van der Waals surface area contributed by atoms with Crippen molar-refractivity contribution in [2.75, 3.05) is 6.54 Å². The molecule has 1 heterocycles. The molecular formula is C9H13N3O3.